The molecule has 118 valence electrons. The molecule has 1 nitrogen and oxygen atoms in total. The van der Waals surface area contributed by atoms with Gasteiger partial charge in [0.1, 0.15) is 0 Å². The Morgan fingerprint density at radius 2 is 1.46 bits per heavy atom. The van der Waals surface area contributed by atoms with Gasteiger partial charge in [-0.1, -0.05) is 75.4 Å². The van der Waals surface area contributed by atoms with Crippen molar-refractivity contribution in [3.05, 3.63) is 78.5 Å². The number of pyridine rings is 1. The molecule has 3 aromatic carbocycles. The molecule has 0 saturated carbocycles. The van der Waals surface area contributed by atoms with E-state index in [9.17, 15) is 0 Å². The van der Waals surface area contributed by atoms with Gasteiger partial charge in [-0.05, 0) is 39.3 Å². The van der Waals surface area contributed by atoms with Crippen LogP contribution < -0.4 is 0 Å². The van der Waals surface area contributed by atoms with E-state index in [0.717, 1.165) is 5.69 Å². The summed E-state index contributed by atoms with van der Waals surface area (Å²) in [5, 5.41) is 4.96. The molecular weight excluding hydrogens is 290 g/mol. The fourth-order valence-corrected chi connectivity index (χ4v) is 3.28. The van der Waals surface area contributed by atoms with Crippen LogP contribution in [0.5, 0.6) is 0 Å². The predicted octanol–water partition coefficient (Wildman–Crippen LogP) is 6.35. The molecule has 4 aromatic rings. The van der Waals surface area contributed by atoms with Gasteiger partial charge in [-0.25, -0.2) is 0 Å². The van der Waals surface area contributed by atoms with E-state index in [0.29, 0.717) is 0 Å². The number of nitrogens with zero attached hydrogens (tertiary/aromatic N) is 1. The Hall–Kier alpha value is -2.67. The largest absolute Gasteiger partial charge is 0.256 e. The Kier molecular flexibility index (Phi) is 3.38. The second-order valence-electron chi connectivity index (χ2n) is 7.37. The van der Waals surface area contributed by atoms with E-state index in [4.69, 9.17) is 4.98 Å². The Morgan fingerprint density at radius 1 is 0.708 bits per heavy atom. The number of aromatic nitrogens is 1. The van der Waals surface area contributed by atoms with E-state index < -0.39 is 0 Å². The number of hydrogen-bond donors (Lipinski definition) is 0. The lowest BCUT2D eigenvalue weighted by molar-refractivity contribution is 0.591. The average molecular weight is 311 g/mol. The van der Waals surface area contributed by atoms with Gasteiger partial charge in [0.2, 0.25) is 0 Å². The molecule has 1 heterocycles. The molecule has 24 heavy (non-hydrogen) atoms. The Morgan fingerprint density at radius 3 is 2.29 bits per heavy atom. The molecule has 0 bridgehead atoms. The lowest BCUT2D eigenvalue weighted by atomic mass is 9.85. The fourth-order valence-electron chi connectivity index (χ4n) is 3.28. The molecule has 0 spiro atoms. The van der Waals surface area contributed by atoms with Gasteiger partial charge in [0.25, 0.3) is 0 Å². The van der Waals surface area contributed by atoms with Gasteiger partial charge < -0.3 is 0 Å². The highest BCUT2D eigenvalue weighted by Gasteiger charge is 2.16. The van der Waals surface area contributed by atoms with Crippen molar-refractivity contribution in [3.63, 3.8) is 0 Å². The lowest BCUT2D eigenvalue weighted by Crippen LogP contribution is -2.10. The number of benzene rings is 3. The van der Waals surface area contributed by atoms with Crippen LogP contribution in [0.1, 0.15) is 26.3 Å². The summed E-state index contributed by atoms with van der Waals surface area (Å²) in [5.74, 6) is 0. The van der Waals surface area contributed by atoms with Crippen molar-refractivity contribution in [1.82, 2.24) is 4.98 Å². The minimum atomic E-state index is 0.125. The molecule has 0 unspecified atom stereocenters. The standard InChI is InChI=1S/C23H21N/c1-23(2,3)18-12-11-17-13-14-24-22(21(17)15-18)20-10-6-8-16-7-4-5-9-19(16)20/h4-15H,1-3H3. The van der Waals surface area contributed by atoms with Gasteiger partial charge in [0.15, 0.2) is 0 Å². The number of rotatable bonds is 1. The Bertz CT molecular complexity index is 1030. The first-order valence-corrected chi connectivity index (χ1v) is 8.41. The summed E-state index contributed by atoms with van der Waals surface area (Å²) < 4.78 is 0. The maximum absolute atomic E-state index is 4.75. The first-order chi connectivity index (χ1) is 11.5. The monoisotopic (exact) mass is 311 g/mol. The molecule has 0 aliphatic rings. The first-order valence-electron chi connectivity index (χ1n) is 8.41. The third-order valence-electron chi connectivity index (χ3n) is 4.68. The van der Waals surface area contributed by atoms with Crippen LogP contribution in [0.15, 0.2) is 72.9 Å². The predicted molar refractivity (Wildman–Crippen MR) is 103 cm³/mol. The Balaban J connectivity index is 2.05. The van der Waals surface area contributed by atoms with Gasteiger partial charge >= 0.3 is 0 Å². The fraction of sp³-hybridized carbons (Fsp3) is 0.174. The molecule has 0 aliphatic carbocycles. The maximum Gasteiger partial charge on any atom is 0.0786 e. The highest BCUT2D eigenvalue weighted by atomic mass is 14.7. The third kappa shape index (κ3) is 2.46. The molecule has 0 amide bonds. The highest BCUT2D eigenvalue weighted by Crippen LogP contribution is 2.34. The molecule has 0 saturated heterocycles. The third-order valence-corrected chi connectivity index (χ3v) is 4.68. The first kappa shape index (κ1) is 14.9. The van der Waals surface area contributed by atoms with Crippen LogP contribution in [-0.2, 0) is 5.41 Å². The smallest absolute Gasteiger partial charge is 0.0786 e. The second kappa shape index (κ2) is 5.45. The molecule has 1 aromatic heterocycles. The lowest BCUT2D eigenvalue weighted by Gasteiger charge is -2.20. The van der Waals surface area contributed by atoms with Crippen LogP contribution >= 0.6 is 0 Å². The van der Waals surface area contributed by atoms with Crippen LogP contribution in [0, 0.1) is 0 Å². The topological polar surface area (TPSA) is 12.9 Å². The molecule has 4 rings (SSSR count). The van der Waals surface area contributed by atoms with Gasteiger partial charge in [0, 0.05) is 17.1 Å². The van der Waals surface area contributed by atoms with Crippen molar-refractivity contribution in [2.24, 2.45) is 0 Å². The summed E-state index contributed by atoms with van der Waals surface area (Å²) in [7, 11) is 0. The molecule has 1 heteroatoms. The molecule has 0 atom stereocenters. The second-order valence-corrected chi connectivity index (χ2v) is 7.37. The molecule has 0 fully saturated rings. The van der Waals surface area contributed by atoms with Crippen LogP contribution in [0.25, 0.3) is 32.8 Å². The van der Waals surface area contributed by atoms with Crippen molar-refractivity contribution in [1.29, 1.82) is 0 Å². The van der Waals surface area contributed by atoms with E-state index in [1.54, 1.807) is 0 Å². The molecular formula is C23H21N. The zero-order chi connectivity index (χ0) is 16.7. The summed E-state index contributed by atoms with van der Waals surface area (Å²) in [5.41, 5.74) is 3.73. The molecule has 0 N–H and O–H groups in total. The van der Waals surface area contributed by atoms with Crippen molar-refractivity contribution in [2.75, 3.05) is 0 Å². The molecule has 0 radical (unpaired) electrons. The normalized spacial score (nSPS) is 12.0. The van der Waals surface area contributed by atoms with Crippen molar-refractivity contribution in [2.45, 2.75) is 26.2 Å². The summed E-state index contributed by atoms with van der Waals surface area (Å²) in [6.07, 6.45) is 1.91. The highest BCUT2D eigenvalue weighted by molar-refractivity contribution is 6.03. The minimum absolute atomic E-state index is 0.125. The summed E-state index contributed by atoms with van der Waals surface area (Å²) >= 11 is 0. The van der Waals surface area contributed by atoms with Crippen molar-refractivity contribution in [3.8, 4) is 11.3 Å². The van der Waals surface area contributed by atoms with Gasteiger partial charge in [0.05, 0.1) is 5.69 Å². The van der Waals surface area contributed by atoms with Gasteiger partial charge in [-0.15, -0.1) is 0 Å². The van der Waals surface area contributed by atoms with E-state index in [-0.39, 0.29) is 5.41 Å². The number of hydrogen-bond acceptors (Lipinski definition) is 1. The van der Waals surface area contributed by atoms with E-state index >= 15 is 0 Å². The van der Waals surface area contributed by atoms with Crippen LogP contribution in [0.4, 0.5) is 0 Å². The average Bonchev–Trinajstić information content (AvgIpc) is 2.59. The summed E-state index contributed by atoms with van der Waals surface area (Å²) in [6.45, 7) is 6.76. The van der Waals surface area contributed by atoms with Crippen LogP contribution in [-0.4, -0.2) is 4.98 Å². The summed E-state index contributed by atoms with van der Waals surface area (Å²) in [4.78, 5) is 4.75. The minimum Gasteiger partial charge on any atom is -0.256 e. The number of fused-ring (bicyclic) bond motifs is 2. The molecule has 0 aliphatic heterocycles. The Labute approximate surface area is 143 Å². The zero-order valence-corrected chi connectivity index (χ0v) is 14.4. The van der Waals surface area contributed by atoms with E-state index in [1.165, 1.54) is 32.7 Å². The van der Waals surface area contributed by atoms with E-state index in [2.05, 4.69) is 87.5 Å². The quantitative estimate of drug-likeness (QED) is 0.399. The van der Waals surface area contributed by atoms with Crippen LogP contribution in [0.3, 0.4) is 0 Å². The van der Waals surface area contributed by atoms with E-state index in [1.807, 2.05) is 6.20 Å². The zero-order valence-electron chi connectivity index (χ0n) is 14.4. The van der Waals surface area contributed by atoms with Crippen LogP contribution in [0.2, 0.25) is 0 Å². The summed E-state index contributed by atoms with van der Waals surface area (Å²) in [6, 6.07) is 23.8. The SMILES string of the molecule is CC(C)(C)c1ccc2ccnc(-c3cccc4ccccc34)c2c1. The van der Waals surface area contributed by atoms with Crippen molar-refractivity contribution >= 4 is 21.5 Å². The maximum atomic E-state index is 4.75. The van der Waals surface area contributed by atoms with Crippen molar-refractivity contribution < 1.29 is 0 Å². The van der Waals surface area contributed by atoms with Gasteiger partial charge in [-0.2, -0.15) is 0 Å². The van der Waals surface area contributed by atoms with Gasteiger partial charge in [-0.3, -0.25) is 4.98 Å².